The van der Waals surface area contributed by atoms with Crippen LogP contribution in [0.1, 0.15) is 29.7 Å². The summed E-state index contributed by atoms with van der Waals surface area (Å²) in [5.41, 5.74) is 7.13. The first kappa shape index (κ1) is 13.5. The molecule has 0 fully saturated rings. The fourth-order valence-electron chi connectivity index (χ4n) is 2.43. The molecule has 0 amide bonds. The van der Waals surface area contributed by atoms with E-state index in [2.05, 4.69) is 15.9 Å². The quantitative estimate of drug-likeness (QED) is 0.842. The van der Waals surface area contributed by atoms with Gasteiger partial charge in [0, 0.05) is 28.1 Å². The molecule has 2 nitrogen and oxygen atoms in total. The van der Waals surface area contributed by atoms with Crippen LogP contribution >= 0.6 is 15.9 Å². The lowest BCUT2D eigenvalue weighted by atomic mass is 9.93. The standard InChI is InChI=1S/C15H12BrF2NO/c16-8-1-3-10(12(18)5-8)15-7-13(19)11-6-9(17)2-4-14(11)20-15/h1-6,13,15H,7,19H2/t13-,15?/m0/s1. The van der Waals surface area contributed by atoms with Gasteiger partial charge in [-0.1, -0.05) is 22.0 Å². The summed E-state index contributed by atoms with van der Waals surface area (Å²) in [7, 11) is 0. The lowest BCUT2D eigenvalue weighted by molar-refractivity contribution is 0.157. The van der Waals surface area contributed by atoms with Gasteiger partial charge >= 0.3 is 0 Å². The molecule has 2 aromatic carbocycles. The van der Waals surface area contributed by atoms with Gasteiger partial charge in [-0.25, -0.2) is 8.78 Å². The number of rotatable bonds is 1. The van der Waals surface area contributed by atoms with Crippen LogP contribution in [0.2, 0.25) is 0 Å². The Balaban J connectivity index is 1.97. The van der Waals surface area contributed by atoms with Gasteiger partial charge in [0.15, 0.2) is 0 Å². The van der Waals surface area contributed by atoms with Gasteiger partial charge in [0.1, 0.15) is 23.5 Å². The van der Waals surface area contributed by atoms with E-state index in [0.717, 1.165) is 0 Å². The van der Waals surface area contributed by atoms with Crippen LogP contribution in [0.5, 0.6) is 5.75 Å². The summed E-state index contributed by atoms with van der Waals surface area (Å²) in [6.07, 6.45) is -0.0503. The Bertz CT molecular complexity index is 662. The van der Waals surface area contributed by atoms with Crippen LogP contribution < -0.4 is 10.5 Å². The van der Waals surface area contributed by atoms with E-state index < -0.39 is 6.10 Å². The van der Waals surface area contributed by atoms with Gasteiger partial charge in [-0.15, -0.1) is 0 Å². The van der Waals surface area contributed by atoms with Crippen molar-refractivity contribution in [1.82, 2.24) is 0 Å². The van der Waals surface area contributed by atoms with E-state index in [1.165, 1.54) is 24.3 Å². The summed E-state index contributed by atoms with van der Waals surface area (Å²) in [4.78, 5) is 0. The van der Waals surface area contributed by atoms with Gasteiger partial charge in [-0.3, -0.25) is 0 Å². The molecule has 0 aromatic heterocycles. The van der Waals surface area contributed by atoms with Crippen LogP contribution in [-0.4, -0.2) is 0 Å². The Hall–Kier alpha value is -1.46. The second-order valence-electron chi connectivity index (χ2n) is 4.80. The zero-order valence-electron chi connectivity index (χ0n) is 10.4. The molecule has 0 bridgehead atoms. The molecule has 104 valence electrons. The molecule has 0 saturated heterocycles. The van der Waals surface area contributed by atoms with E-state index in [1.807, 2.05) is 0 Å². The maximum Gasteiger partial charge on any atom is 0.131 e. The molecule has 2 N–H and O–H groups in total. The first-order valence-electron chi connectivity index (χ1n) is 6.21. The molecule has 0 saturated carbocycles. The highest BCUT2D eigenvalue weighted by Crippen LogP contribution is 2.40. The minimum Gasteiger partial charge on any atom is -0.485 e. The van der Waals surface area contributed by atoms with Crippen molar-refractivity contribution >= 4 is 15.9 Å². The van der Waals surface area contributed by atoms with Crippen LogP contribution in [0.25, 0.3) is 0 Å². The lowest BCUT2D eigenvalue weighted by Gasteiger charge is -2.30. The summed E-state index contributed by atoms with van der Waals surface area (Å²) in [6, 6.07) is 8.67. The van der Waals surface area contributed by atoms with E-state index in [-0.39, 0.29) is 17.7 Å². The third-order valence-corrected chi connectivity index (χ3v) is 3.91. The summed E-state index contributed by atoms with van der Waals surface area (Å²) < 4.78 is 33.6. The Kier molecular flexibility index (Phi) is 3.48. The fraction of sp³-hybridized carbons (Fsp3) is 0.200. The highest BCUT2D eigenvalue weighted by Gasteiger charge is 2.29. The lowest BCUT2D eigenvalue weighted by Crippen LogP contribution is -2.24. The molecule has 0 radical (unpaired) electrons. The van der Waals surface area contributed by atoms with Crippen molar-refractivity contribution in [3.05, 3.63) is 63.6 Å². The summed E-state index contributed by atoms with van der Waals surface area (Å²) in [6.45, 7) is 0. The van der Waals surface area contributed by atoms with Crippen LogP contribution in [-0.2, 0) is 0 Å². The van der Waals surface area contributed by atoms with Crippen LogP contribution in [0.15, 0.2) is 40.9 Å². The van der Waals surface area contributed by atoms with E-state index in [0.29, 0.717) is 27.8 Å². The van der Waals surface area contributed by atoms with Crippen LogP contribution in [0.3, 0.4) is 0 Å². The summed E-state index contributed by atoms with van der Waals surface area (Å²) in [5.74, 6) is -0.185. The number of hydrogen-bond acceptors (Lipinski definition) is 2. The van der Waals surface area contributed by atoms with Crippen molar-refractivity contribution in [3.8, 4) is 5.75 Å². The number of nitrogens with two attached hydrogens (primary N) is 1. The topological polar surface area (TPSA) is 35.2 Å². The van der Waals surface area contributed by atoms with E-state index in [9.17, 15) is 8.78 Å². The third kappa shape index (κ3) is 2.43. The molecule has 0 spiro atoms. The number of halogens is 3. The molecule has 1 aliphatic heterocycles. The zero-order valence-corrected chi connectivity index (χ0v) is 12.0. The second kappa shape index (κ2) is 5.14. The largest absolute Gasteiger partial charge is 0.485 e. The zero-order chi connectivity index (χ0) is 14.3. The smallest absolute Gasteiger partial charge is 0.131 e. The first-order valence-corrected chi connectivity index (χ1v) is 7.00. The van der Waals surface area contributed by atoms with E-state index in [4.69, 9.17) is 10.5 Å². The first-order chi connectivity index (χ1) is 9.54. The average Bonchev–Trinajstić information content (AvgIpc) is 2.39. The Labute approximate surface area is 123 Å². The van der Waals surface area contributed by atoms with Gasteiger partial charge in [0.25, 0.3) is 0 Å². The molecule has 1 heterocycles. The molecule has 1 unspecified atom stereocenters. The van der Waals surface area contributed by atoms with Gasteiger partial charge in [-0.05, 0) is 30.3 Å². The Morgan fingerprint density at radius 1 is 1.10 bits per heavy atom. The highest BCUT2D eigenvalue weighted by atomic mass is 79.9. The Morgan fingerprint density at radius 2 is 1.90 bits per heavy atom. The van der Waals surface area contributed by atoms with Crippen molar-refractivity contribution in [1.29, 1.82) is 0 Å². The minimum absolute atomic E-state index is 0.345. The maximum atomic E-state index is 14.0. The maximum absolute atomic E-state index is 14.0. The SMILES string of the molecule is N[C@H]1CC(c2ccc(Br)cc2F)Oc2ccc(F)cc21. The highest BCUT2D eigenvalue weighted by molar-refractivity contribution is 9.10. The third-order valence-electron chi connectivity index (χ3n) is 3.42. The molecular weight excluding hydrogens is 328 g/mol. The van der Waals surface area contributed by atoms with Gasteiger partial charge in [0.2, 0.25) is 0 Å². The molecule has 0 aliphatic carbocycles. The van der Waals surface area contributed by atoms with Gasteiger partial charge in [-0.2, -0.15) is 0 Å². The predicted octanol–water partition coefficient (Wildman–Crippen LogP) is 4.25. The number of benzene rings is 2. The summed E-state index contributed by atoms with van der Waals surface area (Å²) in [5, 5.41) is 0. The molecule has 2 aromatic rings. The molecule has 5 heteroatoms. The van der Waals surface area contributed by atoms with Crippen LogP contribution in [0, 0.1) is 11.6 Å². The molecule has 3 rings (SSSR count). The number of hydrogen-bond donors (Lipinski definition) is 1. The molecule has 1 aliphatic rings. The second-order valence-corrected chi connectivity index (χ2v) is 5.71. The van der Waals surface area contributed by atoms with E-state index in [1.54, 1.807) is 12.1 Å². The van der Waals surface area contributed by atoms with Crippen molar-refractivity contribution in [2.45, 2.75) is 18.6 Å². The molecular formula is C15H12BrF2NO. The van der Waals surface area contributed by atoms with Crippen LogP contribution in [0.4, 0.5) is 8.78 Å². The Morgan fingerprint density at radius 3 is 2.65 bits per heavy atom. The molecule has 20 heavy (non-hydrogen) atoms. The van der Waals surface area contributed by atoms with Crippen molar-refractivity contribution in [2.75, 3.05) is 0 Å². The molecule has 2 atom stereocenters. The summed E-state index contributed by atoms with van der Waals surface area (Å²) >= 11 is 3.22. The number of ether oxygens (including phenoxy) is 1. The van der Waals surface area contributed by atoms with Crippen molar-refractivity contribution in [3.63, 3.8) is 0 Å². The predicted molar refractivity (Wildman–Crippen MR) is 75.4 cm³/mol. The van der Waals surface area contributed by atoms with Gasteiger partial charge < -0.3 is 10.5 Å². The average molecular weight is 340 g/mol. The fourth-order valence-corrected chi connectivity index (χ4v) is 2.76. The van der Waals surface area contributed by atoms with Crippen molar-refractivity contribution in [2.24, 2.45) is 5.73 Å². The van der Waals surface area contributed by atoms with E-state index >= 15 is 0 Å². The number of fused-ring (bicyclic) bond motifs is 1. The van der Waals surface area contributed by atoms with Gasteiger partial charge in [0.05, 0.1) is 0 Å². The normalized spacial score (nSPS) is 21.2. The van der Waals surface area contributed by atoms with Crippen molar-refractivity contribution < 1.29 is 13.5 Å². The minimum atomic E-state index is -0.462. The monoisotopic (exact) mass is 339 g/mol.